The second-order valence-corrected chi connectivity index (χ2v) is 6.64. The smallest absolute Gasteiger partial charge is 0.253 e. The molecular weight excluding hydrogens is 252 g/mol. The van der Waals surface area contributed by atoms with Crippen LogP contribution in [0.5, 0.6) is 0 Å². The molecule has 100 valence electrons. The fraction of sp³-hybridized carbons (Fsp3) is 0.417. The molecule has 0 aliphatic heterocycles. The van der Waals surface area contributed by atoms with E-state index in [1.54, 1.807) is 31.2 Å². The minimum Gasteiger partial charge on any atom is -0.398 e. The van der Waals surface area contributed by atoms with Crippen molar-refractivity contribution in [3.8, 4) is 0 Å². The van der Waals surface area contributed by atoms with Crippen LogP contribution in [0, 0.1) is 0 Å². The number of nitrogen functional groups attached to an aromatic ring is 1. The van der Waals surface area contributed by atoms with Crippen LogP contribution >= 0.6 is 0 Å². The molecular formula is C12H18N2O3S. The van der Waals surface area contributed by atoms with Crippen molar-refractivity contribution in [1.29, 1.82) is 0 Å². The molecule has 0 radical (unpaired) electrons. The molecule has 5 nitrogen and oxygen atoms in total. The Hall–Kier alpha value is -1.56. The first kappa shape index (κ1) is 14.5. The third-order valence-electron chi connectivity index (χ3n) is 2.50. The van der Waals surface area contributed by atoms with Crippen molar-refractivity contribution < 1.29 is 13.2 Å². The molecule has 1 amide bonds. The lowest BCUT2D eigenvalue weighted by atomic mass is 10.1. The van der Waals surface area contributed by atoms with E-state index < -0.39 is 9.84 Å². The summed E-state index contributed by atoms with van der Waals surface area (Å²) < 4.78 is 22.0. The van der Waals surface area contributed by atoms with Gasteiger partial charge in [-0.15, -0.1) is 0 Å². The molecule has 1 aromatic carbocycles. The lowest BCUT2D eigenvalue weighted by Gasteiger charge is -2.14. The van der Waals surface area contributed by atoms with Crippen molar-refractivity contribution in [3.05, 3.63) is 29.8 Å². The van der Waals surface area contributed by atoms with Gasteiger partial charge in [-0.1, -0.05) is 12.1 Å². The standard InChI is InChI=1S/C12H18N2O3S/c1-9(7-8-18(2,16)17)14-12(15)10-5-3-4-6-11(10)13/h3-6,9H,7-8,13H2,1-2H3,(H,14,15)/t9-/m0/s1. The summed E-state index contributed by atoms with van der Waals surface area (Å²) in [4.78, 5) is 11.9. The van der Waals surface area contributed by atoms with E-state index in [1.165, 1.54) is 6.26 Å². The maximum absolute atomic E-state index is 11.9. The summed E-state index contributed by atoms with van der Waals surface area (Å²) in [6.07, 6.45) is 1.56. The Morgan fingerprint density at radius 3 is 2.56 bits per heavy atom. The highest BCUT2D eigenvalue weighted by Crippen LogP contribution is 2.10. The number of carbonyl (C=O) groups excluding carboxylic acids is 1. The first-order valence-electron chi connectivity index (χ1n) is 5.62. The summed E-state index contributed by atoms with van der Waals surface area (Å²) in [7, 11) is -3.00. The van der Waals surface area contributed by atoms with Gasteiger partial charge in [-0.25, -0.2) is 8.42 Å². The van der Waals surface area contributed by atoms with Gasteiger partial charge in [0, 0.05) is 18.0 Å². The number of carbonyl (C=O) groups is 1. The molecule has 0 aliphatic rings. The first-order chi connectivity index (χ1) is 8.29. The molecule has 0 aliphatic carbocycles. The minimum absolute atomic E-state index is 0.0543. The lowest BCUT2D eigenvalue weighted by molar-refractivity contribution is 0.0940. The van der Waals surface area contributed by atoms with Crippen LogP contribution in [0.25, 0.3) is 0 Å². The molecule has 1 aromatic rings. The number of benzene rings is 1. The molecule has 0 saturated heterocycles. The summed E-state index contributed by atoms with van der Waals surface area (Å²) in [6, 6.07) is 6.54. The van der Waals surface area contributed by atoms with Crippen LogP contribution in [0.2, 0.25) is 0 Å². The van der Waals surface area contributed by atoms with Crippen LogP contribution < -0.4 is 11.1 Å². The van der Waals surface area contributed by atoms with Gasteiger partial charge in [-0.3, -0.25) is 4.79 Å². The van der Waals surface area contributed by atoms with E-state index >= 15 is 0 Å². The SMILES string of the molecule is C[C@@H](CCS(C)(=O)=O)NC(=O)c1ccccc1N. The predicted octanol–water partition coefficient (Wildman–Crippen LogP) is 0.822. The average molecular weight is 270 g/mol. The van der Waals surface area contributed by atoms with Gasteiger partial charge in [0.25, 0.3) is 5.91 Å². The van der Waals surface area contributed by atoms with Gasteiger partial charge in [-0.05, 0) is 25.5 Å². The van der Waals surface area contributed by atoms with Gasteiger partial charge < -0.3 is 11.1 Å². The minimum atomic E-state index is -3.00. The fourth-order valence-corrected chi connectivity index (χ4v) is 2.25. The van der Waals surface area contributed by atoms with Crippen molar-refractivity contribution in [2.45, 2.75) is 19.4 Å². The maximum atomic E-state index is 11.9. The lowest BCUT2D eigenvalue weighted by Crippen LogP contribution is -2.34. The number of hydrogen-bond acceptors (Lipinski definition) is 4. The zero-order chi connectivity index (χ0) is 13.8. The Bertz CT molecular complexity index is 526. The van der Waals surface area contributed by atoms with Gasteiger partial charge in [-0.2, -0.15) is 0 Å². The third-order valence-corrected chi connectivity index (χ3v) is 3.48. The molecule has 6 heteroatoms. The number of anilines is 1. The number of para-hydroxylation sites is 1. The number of rotatable bonds is 5. The molecule has 3 N–H and O–H groups in total. The molecule has 0 unspecified atom stereocenters. The summed E-state index contributed by atoms with van der Waals surface area (Å²) in [6.45, 7) is 1.77. The Morgan fingerprint density at radius 1 is 1.39 bits per heavy atom. The fourth-order valence-electron chi connectivity index (χ4n) is 1.47. The molecule has 0 heterocycles. The second-order valence-electron chi connectivity index (χ2n) is 4.38. The molecule has 0 saturated carbocycles. The molecule has 1 atom stereocenters. The largest absolute Gasteiger partial charge is 0.398 e. The van der Waals surface area contributed by atoms with Gasteiger partial charge in [0.05, 0.1) is 11.3 Å². The zero-order valence-corrected chi connectivity index (χ0v) is 11.3. The Labute approximate surface area is 107 Å². The van der Waals surface area contributed by atoms with Crippen LogP contribution in [0.1, 0.15) is 23.7 Å². The van der Waals surface area contributed by atoms with Crippen molar-refractivity contribution in [1.82, 2.24) is 5.32 Å². The number of amides is 1. The van der Waals surface area contributed by atoms with Gasteiger partial charge in [0.2, 0.25) is 0 Å². The highest BCUT2D eigenvalue weighted by molar-refractivity contribution is 7.90. The van der Waals surface area contributed by atoms with E-state index in [4.69, 9.17) is 5.73 Å². The van der Waals surface area contributed by atoms with E-state index in [-0.39, 0.29) is 17.7 Å². The molecule has 1 rings (SSSR count). The van der Waals surface area contributed by atoms with E-state index in [2.05, 4.69) is 5.32 Å². The highest BCUT2D eigenvalue weighted by atomic mass is 32.2. The van der Waals surface area contributed by atoms with Crippen LogP contribution in [-0.4, -0.2) is 32.4 Å². The molecule has 0 aromatic heterocycles. The molecule has 0 fully saturated rings. The number of nitrogens with one attached hydrogen (secondary N) is 1. The first-order valence-corrected chi connectivity index (χ1v) is 7.69. The van der Waals surface area contributed by atoms with Crippen LogP contribution in [0.3, 0.4) is 0 Å². The van der Waals surface area contributed by atoms with Crippen molar-refractivity contribution in [2.24, 2.45) is 0 Å². The van der Waals surface area contributed by atoms with E-state index in [0.29, 0.717) is 17.7 Å². The number of hydrogen-bond donors (Lipinski definition) is 2. The third kappa shape index (κ3) is 4.75. The second kappa shape index (κ2) is 5.86. The van der Waals surface area contributed by atoms with Crippen molar-refractivity contribution in [2.75, 3.05) is 17.7 Å². The van der Waals surface area contributed by atoms with Crippen molar-refractivity contribution >= 4 is 21.4 Å². The maximum Gasteiger partial charge on any atom is 0.253 e. The average Bonchev–Trinajstić information content (AvgIpc) is 2.26. The van der Waals surface area contributed by atoms with E-state index in [1.807, 2.05) is 0 Å². The number of nitrogens with two attached hydrogens (primary N) is 1. The number of sulfone groups is 1. The summed E-state index contributed by atoms with van der Waals surface area (Å²) in [5.41, 5.74) is 6.50. The molecule has 18 heavy (non-hydrogen) atoms. The van der Waals surface area contributed by atoms with Gasteiger partial charge >= 0.3 is 0 Å². The van der Waals surface area contributed by atoms with Crippen LogP contribution in [-0.2, 0) is 9.84 Å². The molecule has 0 bridgehead atoms. The van der Waals surface area contributed by atoms with E-state index in [0.717, 1.165) is 0 Å². The Balaban J connectivity index is 2.58. The normalized spacial score (nSPS) is 13.0. The quantitative estimate of drug-likeness (QED) is 0.775. The monoisotopic (exact) mass is 270 g/mol. The van der Waals surface area contributed by atoms with Crippen LogP contribution in [0.15, 0.2) is 24.3 Å². The van der Waals surface area contributed by atoms with Crippen LogP contribution in [0.4, 0.5) is 5.69 Å². The zero-order valence-electron chi connectivity index (χ0n) is 10.5. The Morgan fingerprint density at radius 2 is 2.00 bits per heavy atom. The summed E-state index contributed by atoms with van der Waals surface area (Å²) in [5.74, 6) is -0.229. The summed E-state index contributed by atoms with van der Waals surface area (Å²) >= 11 is 0. The summed E-state index contributed by atoms with van der Waals surface area (Å²) in [5, 5.41) is 2.73. The topological polar surface area (TPSA) is 89.3 Å². The Kier molecular flexibility index (Phi) is 4.72. The predicted molar refractivity (Wildman–Crippen MR) is 72.1 cm³/mol. The van der Waals surface area contributed by atoms with E-state index in [9.17, 15) is 13.2 Å². The van der Waals surface area contributed by atoms with Gasteiger partial charge in [0.15, 0.2) is 0 Å². The van der Waals surface area contributed by atoms with Gasteiger partial charge in [0.1, 0.15) is 9.84 Å². The van der Waals surface area contributed by atoms with Crippen molar-refractivity contribution in [3.63, 3.8) is 0 Å². The highest BCUT2D eigenvalue weighted by Gasteiger charge is 2.13. The molecule has 0 spiro atoms.